The van der Waals surface area contributed by atoms with Crippen LogP contribution in [0.5, 0.6) is 0 Å². The third-order valence-corrected chi connectivity index (χ3v) is 0.800. The largest absolute Gasteiger partial charge is 0.255 e. The third kappa shape index (κ3) is 2.44. The molecule has 1 aromatic rings. The molecule has 0 aliphatic heterocycles. The third-order valence-electron chi connectivity index (χ3n) is 0.800. The van der Waals surface area contributed by atoms with Crippen LogP contribution >= 0.6 is 0 Å². The number of hydrogen-bond donors (Lipinski definition) is 0. The maximum Gasteiger partial charge on any atom is 0.173 e. The van der Waals surface area contributed by atoms with Gasteiger partial charge in [0.1, 0.15) is 6.33 Å². The van der Waals surface area contributed by atoms with Gasteiger partial charge >= 0.3 is 0 Å². The van der Waals surface area contributed by atoms with Gasteiger partial charge in [0.15, 0.2) is 5.82 Å². The fraction of sp³-hybridized carbons (Fsp3) is 0.429. The van der Waals surface area contributed by atoms with Crippen molar-refractivity contribution in [2.75, 3.05) is 0 Å². The first kappa shape index (κ1) is 8.88. The lowest BCUT2D eigenvalue weighted by atomic mass is 10.6. The van der Waals surface area contributed by atoms with Crippen LogP contribution in [-0.2, 0) is 7.05 Å². The van der Waals surface area contributed by atoms with E-state index in [0.29, 0.717) is 5.82 Å². The molecule has 3 nitrogen and oxygen atoms in total. The molecule has 0 bridgehead atoms. The van der Waals surface area contributed by atoms with E-state index in [1.165, 1.54) is 0 Å². The number of aromatic nitrogens is 3. The molecule has 1 aromatic heterocycles. The quantitative estimate of drug-likeness (QED) is 0.590. The Morgan fingerprint density at radius 2 is 2.20 bits per heavy atom. The topological polar surface area (TPSA) is 30.7 Å². The van der Waals surface area contributed by atoms with Crippen LogP contribution in [-0.4, -0.2) is 14.8 Å². The van der Waals surface area contributed by atoms with Crippen molar-refractivity contribution in [3.05, 3.63) is 18.7 Å². The predicted octanol–water partition coefficient (Wildman–Crippen LogP) is 1.48. The van der Waals surface area contributed by atoms with Gasteiger partial charge in [-0.25, -0.2) is 4.98 Å². The van der Waals surface area contributed by atoms with E-state index in [1.54, 1.807) is 17.1 Å². The highest BCUT2D eigenvalue weighted by Crippen LogP contribution is 1.86. The average Bonchev–Trinajstić information content (AvgIpc) is 2.40. The minimum Gasteiger partial charge on any atom is -0.255 e. The molecule has 0 amide bonds. The monoisotopic (exact) mass is 139 g/mol. The maximum absolute atomic E-state index is 3.92. The molecule has 0 radical (unpaired) electrons. The zero-order valence-electron chi connectivity index (χ0n) is 6.70. The summed E-state index contributed by atoms with van der Waals surface area (Å²) in [5, 5.41) is 3.92. The molecule has 0 spiro atoms. The van der Waals surface area contributed by atoms with Crippen molar-refractivity contribution in [3.8, 4) is 0 Å². The van der Waals surface area contributed by atoms with E-state index in [2.05, 4.69) is 16.7 Å². The molecule has 0 saturated heterocycles. The molecule has 0 aliphatic carbocycles. The zero-order chi connectivity index (χ0) is 7.98. The van der Waals surface area contributed by atoms with E-state index in [9.17, 15) is 0 Å². The fourth-order valence-electron chi connectivity index (χ4n) is 0.449. The predicted molar refractivity (Wildman–Crippen MR) is 42.4 cm³/mol. The number of hydrogen-bond acceptors (Lipinski definition) is 2. The van der Waals surface area contributed by atoms with Gasteiger partial charge in [-0.05, 0) is 6.08 Å². The molecule has 0 fully saturated rings. The molecule has 0 atom stereocenters. The Labute approximate surface area is 61.4 Å². The summed E-state index contributed by atoms with van der Waals surface area (Å²) in [6.45, 7) is 7.51. The summed E-state index contributed by atoms with van der Waals surface area (Å²) in [5.41, 5.74) is 0. The smallest absolute Gasteiger partial charge is 0.173 e. The van der Waals surface area contributed by atoms with Crippen molar-refractivity contribution < 1.29 is 0 Å². The minimum atomic E-state index is 0.674. The molecule has 0 aliphatic rings. The van der Waals surface area contributed by atoms with Gasteiger partial charge < -0.3 is 0 Å². The highest BCUT2D eigenvalue weighted by Gasteiger charge is 1.86. The first-order valence-corrected chi connectivity index (χ1v) is 3.31. The summed E-state index contributed by atoms with van der Waals surface area (Å²) in [5.74, 6) is 0.674. The summed E-state index contributed by atoms with van der Waals surface area (Å²) < 4.78 is 1.64. The van der Waals surface area contributed by atoms with Gasteiger partial charge in [0.25, 0.3) is 0 Å². The van der Waals surface area contributed by atoms with Crippen LogP contribution in [0, 0.1) is 0 Å². The Bertz CT molecular complexity index is 190. The van der Waals surface area contributed by atoms with Gasteiger partial charge in [0.05, 0.1) is 0 Å². The van der Waals surface area contributed by atoms with Crippen LogP contribution in [0.4, 0.5) is 0 Å². The van der Waals surface area contributed by atoms with Gasteiger partial charge in [-0.15, -0.1) is 0 Å². The van der Waals surface area contributed by atoms with Crippen molar-refractivity contribution in [1.82, 2.24) is 14.8 Å². The molecule has 0 N–H and O–H groups in total. The van der Waals surface area contributed by atoms with Gasteiger partial charge in [-0.2, -0.15) is 5.10 Å². The van der Waals surface area contributed by atoms with Gasteiger partial charge in [-0.1, -0.05) is 20.4 Å². The van der Waals surface area contributed by atoms with E-state index >= 15 is 0 Å². The summed E-state index contributed by atoms with van der Waals surface area (Å²) in [7, 11) is 1.82. The summed E-state index contributed by atoms with van der Waals surface area (Å²) in [6.07, 6.45) is 3.25. The molecule has 0 aromatic carbocycles. The van der Waals surface area contributed by atoms with Crippen LogP contribution in [0.2, 0.25) is 0 Å². The SMILES string of the molecule is C=Cc1ncn(C)n1.CC. The van der Waals surface area contributed by atoms with Gasteiger partial charge in [0, 0.05) is 7.05 Å². The fourth-order valence-corrected chi connectivity index (χ4v) is 0.449. The molecule has 1 rings (SSSR count). The highest BCUT2D eigenvalue weighted by atomic mass is 15.3. The summed E-state index contributed by atoms with van der Waals surface area (Å²) >= 11 is 0. The molecule has 0 unspecified atom stereocenters. The van der Waals surface area contributed by atoms with E-state index in [4.69, 9.17) is 0 Å². The normalized spacial score (nSPS) is 7.90. The lowest BCUT2D eigenvalue weighted by Crippen LogP contribution is -1.86. The van der Waals surface area contributed by atoms with Crippen LogP contribution < -0.4 is 0 Å². The van der Waals surface area contributed by atoms with Crippen LogP contribution in [0.3, 0.4) is 0 Å². The summed E-state index contributed by atoms with van der Waals surface area (Å²) in [4.78, 5) is 3.87. The van der Waals surface area contributed by atoms with Crippen molar-refractivity contribution in [1.29, 1.82) is 0 Å². The minimum absolute atomic E-state index is 0.674. The van der Waals surface area contributed by atoms with E-state index in [1.807, 2.05) is 20.9 Å². The molecule has 3 heteroatoms. The van der Waals surface area contributed by atoms with Crippen LogP contribution in [0.25, 0.3) is 6.08 Å². The number of nitrogens with zero attached hydrogens (tertiary/aromatic N) is 3. The van der Waals surface area contributed by atoms with Crippen molar-refractivity contribution in [2.45, 2.75) is 13.8 Å². The molecular weight excluding hydrogens is 126 g/mol. The Hall–Kier alpha value is -1.12. The highest BCUT2D eigenvalue weighted by molar-refractivity contribution is 5.33. The first-order valence-electron chi connectivity index (χ1n) is 3.31. The number of rotatable bonds is 1. The second-order valence-electron chi connectivity index (χ2n) is 1.48. The van der Waals surface area contributed by atoms with E-state index < -0.39 is 0 Å². The van der Waals surface area contributed by atoms with E-state index in [-0.39, 0.29) is 0 Å². The first-order chi connectivity index (χ1) is 4.83. The Morgan fingerprint density at radius 1 is 1.60 bits per heavy atom. The van der Waals surface area contributed by atoms with Crippen molar-refractivity contribution in [3.63, 3.8) is 0 Å². The van der Waals surface area contributed by atoms with Gasteiger partial charge in [0.2, 0.25) is 0 Å². The number of aryl methyl sites for hydroxylation is 1. The second-order valence-corrected chi connectivity index (χ2v) is 1.48. The Balaban J connectivity index is 0.000000371. The zero-order valence-corrected chi connectivity index (χ0v) is 6.70. The Morgan fingerprint density at radius 3 is 2.40 bits per heavy atom. The van der Waals surface area contributed by atoms with Crippen LogP contribution in [0.15, 0.2) is 12.9 Å². The Kier molecular flexibility index (Phi) is 4.20. The van der Waals surface area contributed by atoms with Crippen LogP contribution in [0.1, 0.15) is 19.7 Å². The van der Waals surface area contributed by atoms with E-state index in [0.717, 1.165) is 0 Å². The molecule has 56 valence electrons. The van der Waals surface area contributed by atoms with Crippen molar-refractivity contribution in [2.24, 2.45) is 7.05 Å². The molecule has 1 heterocycles. The van der Waals surface area contributed by atoms with Crippen molar-refractivity contribution >= 4 is 6.08 Å². The molecular formula is C7H13N3. The molecule has 0 saturated carbocycles. The molecule has 10 heavy (non-hydrogen) atoms. The maximum atomic E-state index is 3.92. The summed E-state index contributed by atoms with van der Waals surface area (Å²) in [6, 6.07) is 0. The van der Waals surface area contributed by atoms with Gasteiger partial charge in [-0.3, -0.25) is 4.68 Å². The lowest BCUT2D eigenvalue weighted by Gasteiger charge is -1.77. The standard InChI is InChI=1S/C5H7N3.C2H6/c1-3-5-6-4-8(2)7-5;1-2/h3-4H,1H2,2H3;1-2H3. The second kappa shape index (κ2) is 4.73. The average molecular weight is 139 g/mol. The lowest BCUT2D eigenvalue weighted by molar-refractivity contribution is 0.763.